The summed E-state index contributed by atoms with van der Waals surface area (Å²) in [5, 5.41) is 0. The smallest absolute Gasteiger partial charge is 0.214 e. The number of amides is 1. The standard InChI is InChI=1S/C16H15IN4O/c17-21(19)16-12-6-2-1-5-11(12)9-20(10-22)14-8-4-3-7-13(14)15(16)18/h1-8,10H,9,18-19H2/b16-15-. The van der Waals surface area contributed by atoms with Crippen molar-refractivity contribution in [3.8, 4) is 0 Å². The van der Waals surface area contributed by atoms with E-state index < -0.39 is 0 Å². The summed E-state index contributed by atoms with van der Waals surface area (Å²) in [6.07, 6.45) is 0.832. The molecule has 0 aromatic heterocycles. The van der Waals surface area contributed by atoms with Crippen LogP contribution < -0.4 is 16.5 Å². The van der Waals surface area contributed by atoms with E-state index in [-0.39, 0.29) is 0 Å². The number of halogens is 1. The van der Waals surface area contributed by atoms with Gasteiger partial charge in [-0.15, -0.1) is 0 Å². The Morgan fingerprint density at radius 2 is 1.73 bits per heavy atom. The number of hydrogen-bond acceptors (Lipinski definition) is 4. The fraction of sp³-hybridized carbons (Fsp3) is 0.0625. The predicted octanol–water partition coefficient (Wildman–Crippen LogP) is 2.47. The molecule has 0 saturated carbocycles. The summed E-state index contributed by atoms with van der Waals surface area (Å²) in [6.45, 7) is 0.470. The highest BCUT2D eigenvalue weighted by Gasteiger charge is 2.23. The second-order valence-electron chi connectivity index (χ2n) is 4.98. The Morgan fingerprint density at radius 1 is 1.09 bits per heavy atom. The topological polar surface area (TPSA) is 75.6 Å². The molecule has 2 aromatic carbocycles. The quantitative estimate of drug-likeness (QED) is 0.264. The maximum atomic E-state index is 11.6. The third kappa shape index (κ3) is 2.44. The number of benzene rings is 2. The van der Waals surface area contributed by atoms with E-state index in [1.54, 1.807) is 4.90 Å². The number of hydrazine groups is 1. The van der Waals surface area contributed by atoms with E-state index >= 15 is 0 Å². The number of nitrogens with zero attached hydrogens (tertiary/aromatic N) is 2. The Bertz CT molecular complexity index is 757. The SMILES string of the molecule is N/C1=C(\N(N)I)c2ccccc2CN(C=O)c2ccccc21. The average Bonchev–Trinajstić information content (AvgIpc) is 2.52. The Morgan fingerprint density at radius 3 is 2.41 bits per heavy atom. The van der Waals surface area contributed by atoms with Gasteiger partial charge in [0.15, 0.2) is 0 Å². The van der Waals surface area contributed by atoms with Crippen molar-refractivity contribution >= 4 is 46.4 Å². The lowest BCUT2D eigenvalue weighted by atomic mass is 9.97. The van der Waals surface area contributed by atoms with E-state index in [0.717, 1.165) is 34.5 Å². The largest absolute Gasteiger partial charge is 0.396 e. The third-order valence-corrected chi connectivity index (χ3v) is 4.20. The molecule has 0 radical (unpaired) electrons. The zero-order chi connectivity index (χ0) is 15.7. The van der Waals surface area contributed by atoms with Gasteiger partial charge in [0.1, 0.15) is 0 Å². The Labute approximate surface area is 142 Å². The van der Waals surface area contributed by atoms with Gasteiger partial charge in [-0.1, -0.05) is 42.5 Å². The predicted molar refractivity (Wildman–Crippen MR) is 96.2 cm³/mol. The minimum Gasteiger partial charge on any atom is -0.396 e. The fourth-order valence-corrected chi connectivity index (χ4v) is 3.23. The second kappa shape index (κ2) is 5.98. The first-order valence-corrected chi connectivity index (χ1v) is 7.70. The monoisotopic (exact) mass is 406 g/mol. The van der Waals surface area contributed by atoms with Gasteiger partial charge < -0.3 is 10.6 Å². The van der Waals surface area contributed by atoms with E-state index in [9.17, 15) is 4.79 Å². The molecule has 0 unspecified atom stereocenters. The number of anilines is 1. The highest BCUT2D eigenvalue weighted by molar-refractivity contribution is 14.1. The van der Waals surface area contributed by atoms with Crippen molar-refractivity contribution in [2.75, 3.05) is 4.90 Å². The molecule has 1 heterocycles. The molecule has 4 N–H and O–H groups in total. The number of carbonyl (C=O) groups excluding carboxylic acids is 1. The molecule has 0 aliphatic carbocycles. The van der Waals surface area contributed by atoms with Gasteiger partial charge >= 0.3 is 0 Å². The summed E-state index contributed by atoms with van der Waals surface area (Å²) in [7, 11) is 0. The summed E-state index contributed by atoms with van der Waals surface area (Å²) in [5.41, 5.74) is 11.2. The van der Waals surface area contributed by atoms with E-state index in [1.165, 1.54) is 3.22 Å². The van der Waals surface area contributed by atoms with Crippen LogP contribution >= 0.6 is 22.9 Å². The minimum atomic E-state index is 0.470. The van der Waals surface area contributed by atoms with Gasteiger partial charge in [-0.25, -0.2) is 9.06 Å². The summed E-state index contributed by atoms with van der Waals surface area (Å²) in [5.74, 6) is 6.02. The number of para-hydroxylation sites is 1. The van der Waals surface area contributed by atoms with Gasteiger partial charge in [0.2, 0.25) is 6.41 Å². The fourth-order valence-electron chi connectivity index (χ4n) is 2.71. The van der Waals surface area contributed by atoms with E-state index in [1.807, 2.05) is 71.4 Å². The lowest BCUT2D eigenvalue weighted by Gasteiger charge is -2.28. The molecule has 0 saturated heterocycles. The lowest BCUT2D eigenvalue weighted by molar-refractivity contribution is -0.107. The molecule has 5 nitrogen and oxygen atoms in total. The normalized spacial score (nSPS) is 17.1. The van der Waals surface area contributed by atoms with Crippen LogP contribution in [0.1, 0.15) is 16.7 Å². The van der Waals surface area contributed by atoms with Crippen molar-refractivity contribution in [1.82, 2.24) is 3.22 Å². The van der Waals surface area contributed by atoms with Gasteiger partial charge in [0.25, 0.3) is 0 Å². The van der Waals surface area contributed by atoms with E-state index in [4.69, 9.17) is 11.6 Å². The molecular formula is C16H15IN4O. The molecule has 0 bridgehead atoms. The van der Waals surface area contributed by atoms with Gasteiger partial charge in [-0.3, -0.25) is 4.79 Å². The van der Waals surface area contributed by atoms with Crippen molar-refractivity contribution in [1.29, 1.82) is 0 Å². The van der Waals surface area contributed by atoms with Crippen LogP contribution in [0.4, 0.5) is 5.69 Å². The number of carbonyl (C=O) groups is 1. The first-order valence-electron chi connectivity index (χ1n) is 6.73. The van der Waals surface area contributed by atoms with Crippen LogP contribution in [0.3, 0.4) is 0 Å². The number of hydrogen-bond donors (Lipinski definition) is 2. The molecule has 2 aromatic rings. The Balaban J connectivity index is 2.37. The first kappa shape index (κ1) is 14.9. The van der Waals surface area contributed by atoms with Crippen molar-refractivity contribution in [3.63, 3.8) is 0 Å². The number of rotatable bonds is 2. The van der Waals surface area contributed by atoms with Crippen LogP contribution in [0, 0.1) is 0 Å². The van der Waals surface area contributed by atoms with Crippen molar-refractivity contribution < 1.29 is 4.79 Å². The highest BCUT2D eigenvalue weighted by atomic mass is 127. The lowest BCUT2D eigenvalue weighted by Crippen LogP contribution is -2.28. The Kier molecular flexibility index (Phi) is 4.04. The average molecular weight is 406 g/mol. The molecule has 6 heteroatoms. The van der Waals surface area contributed by atoms with Crippen LogP contribution in [0.15, 0.2) is 48.5 Å². The number of nitrogens with two attached hydrogens (primary N) is 2. The molecule has 1 amide bonds. The van der Waals surface area contributed by atoms with Crippen molar-refractivity contribution in [2.45, 2.75) is 6.54 Å². The summed E-state index contributed by atoms with van der Waals surface area (Å²) in [6, 6.07) is 15.4. The molecule has 112 valence electrons. The molecule has 0 fully saturated rings. The van der Waals surface area contributed by atoms with Crippen LogP contribution in [-0.4, -0.2) is 9.63 Å². The zero-order valence-electron chi connectivity index (χ0n) is 11.7. The van der Waals surface area contributed by atoms with E-state index in [0.29, 0.717) is 12.2 Å². The maximum Gasteiger partial charge on any atom is 0.214 e. The van der Waals surface area contributed by atoms with Crippen molar-refractivity contribution in [2.24, 2.45) is 11.6 Å². The zero-order valence-corrected chi connectivity index (χ0v) is 13.9. The molecule has 0 spiro atoms. The van der Waals surface area contributed by atoms with Gasteiger partial charge in [0, 0.05) is 11.1 Å². The number of fused-ring (bicyclic) bond motifs is 2. The Hall–Kier alpha value is -2.06. The first-order chi connectivity index (χ1) is 10.6. The molecule has 0 atom stereocenters. The summed E-state index contributed by atoms with van der Waals surface area (Å²) in [4.78, 5) is 13.2. The molecule has 22 heavy (non-hydrogen) atoms. The minimum absolute atomic E-state index is 0.470. The third-order valence-electron chi connectivity index (χ3n) is 3.71. The van der Waals surface area contributed by atoms with Gasteiger partial charge in [-0.2, -0.15) is 0 Å². The molecule has 1 aliphatic rings. The van der Waals surface area contributed by atoms with Crippen LogP contribution in [0.25, 0.3) is 11.4 Å². The highest BCUT2D eigenvalue weighted by Crippen LogP contribution is 2.36. The molecule has 3 rings (SSSR count). The maximum absolute atomic E-state index is 11.6. The van der Waals surface area contributed by atoms with Crippen LogP contribution in [0.2, 0.25) is 0 Å². The summed E-state index contributed by atoms with van der Waals surface area (Å²) >= 11 is 2.01. The summed E-state index contributed by atoms with van der Waals surface area (Å²) < 4.78 is 1.50. The van der Waals surface area contributed by atoms with Crippen LogP contribution in [0.5, 0.6) is 0 Å². The second-order valence-corrected chi connectivity index (χ2v) is 6.02. The molecule has 1 aliphatic heterocycles. The van der Waals surface area contributed by atoms with Crippen LogP contribution in [-0.2, 0) is 11.3 Å². The van der Waals surface area contributed by atoms with Gasteiger partial charge in [0.05, 0.1) is 46.5 Å². The van der Waals surface area contributed by atoms with Gasteiger partial charge in [-0.05, 0) is 11.6 Å². The van der Waals surface area contributed by atoms with E-state index in [2.05, 4.69) is 0 Å². The molecular weight excluding hydrogens is 391 g/mol. The van der Waals surface area contributed by atoms with Crippen molar-refractivity contribution in [3.05, 3.63) is 65.2 Å².